The fourth-order valence-corrected chi connectivity index (χ4v) is 2.50. The zero-order chi connectivity index (χ0) is 15.5. The second-order valence-corrected chi connectivity index (χ2v) is 5.25. The maximum Gasteiger partial charge on any atom is 0.260 e. The maximum atomic E-state index is 12.0. The predicted octanol–water partition coefficient (Wildman–Crippen LogP) is 2.14. The summed E-state index contributed by atoms with van der Waals surface area (Å²) in [5.41, 5.74) is 2.75. The van der Waals surface area contributed by atoms with Crippen LogP contribution in [0.3, 0.4) is 0 Å². The highest BCUT2D eigenvalue weighted by Crippen LogP contribution is 2.17. The minimum absolute atomic E-state index is 0.143. The van der Waals surface area contributed by atoms with Crippen molar-refractivity contribution in [3.05, 3.63) is 69.8 Å². The molecule has 5 heteroatoms. The van der Waals surface area contributed by atoms with Gasteiger partial charge in [-0.3, -0.25) is 9.59 Å². The van der Waals surface area contributed by atoms with Crippen LogP contribution in [0.2, 0.25) is 0 Å². The van der Waals surface area contributed by atoms with Gasteiger partial charge in [0.1, 0.15) is 5.56 Å². The number of aromatic amines is 2. The third kappa shape index (κ3) is 2.79. The summed E-state index contributed by atoms with van der Waals surface area (Å²) in [6, 6.07) is 11.3. The number of para-hydroxylation sites is 1. The van der Waals surface area contributed by atoms with Gasteiger partial charge in [-0.2, -0.15) is 0 Å². The molecule has 3 aromatic rings. The number of hydrogen-bond donors (Lipinski definition) is 3. The molecule has 0 atom stereocenters. The Morgan fingerprint density at radius 3 is 2.82 bits per heavy atom. The third-order valence-corrected chi connectivity index (χ3v) is 3.65. The second kappa shape index (κ2) is 5.89. The number of aromatic nitrogens is 2. The molecule has 3 rings (SSSR count). The number of benzene rings is 1. The van der Waals surface area contributed by atoms with E-state index in [0.29, 0.717) is 13.0 Å². The molecule has 0 aliphatic carbocycles. The van der Waals surface area contributed by atoms with E-state index in [-0.39, 0.29) is 17.0 Å². The number of amides is 1. The van der Waals surface area contributed by atoms with Crippen molar-refractivity contribution in [3.8, 4) is 0 Å². The normalized spacial score (nSPS) is 10.8. The van der Waals surface area contributed by atoms with Crippen molar-refractivity contribution in [2.75, 3.05) is 6.54 Å². The Bertz CT molecular complexity index is 877. The highest BCUT2D eigenvalue weighted by Gasteiger charge is 2.10. The number of fused-ring (bicyclic) bond motifs is 1. The Hall–Kier alpha value is -2.82. The topological polar surface area (TPSA) is 77.8 Å². The number of nitrogens with one attached hydrogen (secondary N) is 3. The molecule has 1 amide bonds. The van der Waals surface area contributed by atoms with Crippen LogP contribution < -0.4 is 10.9 Å². The summed E-state index contributed by atoms with van der Waals surface area (Å²) >= 11 is 0. The van der Waals surface area contributed by atoms with E-state index < -0.39 is 0 Å². The van der Waals surface area contributed by atoms with Crippen LogP contribution in [0.5, 0.6) is 0 Å². The van der Waals surface area contributed by atoms with Gasteiger partial charge in [0.05, 0.1) is 0 Å². The second-order valence-electron chi connectivity index (χ2n) is 5.25. The molecule has 5 nitrogen and oxygen atoms in total. The van der Waals surface area contributed by atoms with Gasteiger partial charge >= 0.3 is 0 Å². The van der Waals surface area contributed by atoms with Crippen LogP contribution in [-0.2, 0) is 6.42 Å². The van der Waals surface area contributed by atoms with Gasteiger partial charge < -0.3 is 15.3 Å². The lowest BCUT2D eigenvalue weighted by Gasteiger charge is -2.04. The number of H-pyrrole nitrogens is 2. The van der Waals surface area contributed by atoms with E-state index in [9.17, 15) is 9.59 Å². The Labute approximate surface area is 127 Å². The van der Waals surface area contributed by atoms with Gasteiger partial charge in [0.2, 0.25) is 0 Å². The molecule has 0 saturated carbocycles. The summed E-state index contributed by atoms with van der Waals surface area (Å²) < 4.78 is 0. The van der Waals surface area contributed by atoms with Gasteiger partial charge in [-0.05, 0) is 37.1 Å². The Morgan fingerprint density at radius 2 is 2.00 bits per heavy atom. The van der Waals surface area contributed by atoms with Crippen molar-refractivity contribution in [2.24, 2.45) is 0 Å². The first-order valence-corrected chi connectivity index (χ1v) is 7.18. The van der Waals surface area contributed by atoms with E-state index >= 15 is 0 Å². The van der Waals surface area contributed by atoms with Crippen molar-refractivity contribution in [3.63, 3.8) is 0 Å². The van der Waals surface area contributed by atoms with Crippen molar-refractivity contribution in [1.82, 2.24) is 15.3 Å². The highest BCUT2D eigenvalue weighted by molar-refractivity contribution is 5.93. The van der Waals surface area contributed by atoms with E-state index in [1.54, 1.807) is 19.1 Å². The lowest BCUT2D eigenvalue weighted by Crippen LogP contribution is -2.31. The molecule has 0 saturated heterocycles. The van der Waals surface area contributed by atoms with E-state index in [0.717, 1.165) is 22.2 Å². The lowest BCUT2D eigenvalue weighted by molar-refractivity contribution is 0.0952. The maximum absolute atomic E-state index is 12.0. The summed E-state index contributed by atoms with van der Waals surface area (Å²) in [6.45, 7) is 2.26. The SMILES string of the molecule is Cc1ccc(C(=O)NCCc2c[nH]c3ccccc23)c(=O)[nH]1. The Morgan fingerprint density at radius 1 is 1.18 bits per heavy atom. The van der Waals surface area contributed by atoms with Crippen LogP contribution in [0.15, 0.2) is 47.4 Å². The van der Waals surface area contributed by atoms with Crippen LogP contribution in [0.4, 0.5) is 0 Å². The van der Waals surface area contributed by atoms with Gasteiger partial charge in [0.25, 0.3) is 11.5 Å². The molecular weight excluding hydrogens is 278 g/mol. The average molecular weight is 295 g/mol. The molecule has 0 unspecified atom stereocenters. The van der Waals surface area contributed by atoms with Crippen molar-refractivity contribution < 1.29 is 4.79 Å². The minimum Gasteiger partial charge on any atom is -0.361 e. The first-order valence-electron chi connectivity index (χ1n) is 7.18. The molecular formula is C17H17N3O2. The van der Waals surface area contributed by atoms with E-state index in [1.165, 1.54) is 0 Å². The number of carbonyl (C=O) groups excluding carboxylic acids is 1. The molecule has 2 heterocycles. The number of aryl methyl sites for hydroxylation is 1. The summed E-state index contributed by atoms with van der Waals surface area (Å²) in [5, 5.41) is 3.95. The zero-order valence-corrected chi connectivity index (χ0v) is 12.3. The average Bonchev–Trinajstić information content (AvgIpc) is 2.90. The molecule has 0 aliphatic heterocycles. The molecule has 112 valence electrons. The zero-order valence-electron chi connectivity index (χ0n) is 12.3. The minimum atomic E-state index is -0.357. The quantitative estimate of drug-likeness (QED) is 0.689. The number of rotatable bonds is 4. The molecule has 3 N–H and O–H groups in total. The standard InChI is InChI=1S/C17H17N3O2/c1-11-6-7-14(17(22)20-11)16(21)18-9-8-12-10-19-15-5-3-2-4-13(12)15/h2-7,10,19H,8-9H2,1H3,(H,18,21)(H,20,22). The van der Waals surface area contributed by atoms with Gasteiger partial charge in [0.15, 0.2) is 0 Å². The monoisotopic (exact) mass is 295 g/mol. The van der Waals surface area contributed by atoms with Gasteiger partial charge in [0, 0.05) is 29.3 Å². The largest absolute Gasteiger partial charge is 0.361 e. The fraction of sp³-hybridized carbons (Fsp3) is 0.176. The van der Waals surface area contributed by atoms with Crippen LogP contribution >= 0.6 is 0 Å². The third-order valence-electron chi connectivity index (χ3n) is 3.65. The Kier molecular flexibility index (Phi) is 3.78. The molecule has 0 aliphatic rings. The lowest BCUT2D eigenvalue weighted by atomic mass is 10.1. The summed E-state index contributed by atoms with van der Waals surface area (Å²) in [4.78, 5) is 29.6. The molecule has 22 heavy (non-hydrogen) atoms. The predicted molar refractivity (Wildman–Crippen MR) is 86.1 cm³/mol. The molecule has 2 aromatic heterocycles. The first kappa shape index (κ1) is 14.1. The van der Waals surface area contributed by atoms with Crippen molar-refractivity contribution in [2.45, 2.75) is 13.3 Å². The summed E-state index contributed by atoms with van der Waals surface area (Å²) in [5.74, 6) is -0.346. The van der Waals surface area contributed by atoms with Gasteiger partial charge in [-0.1, -0.05) is 18.2 Å². The summed E-state index contributed by atoms with van der Waals surface area (Å²) in [6.07, 6.45) is 2.66. The number of carbonyl (C=O) groups is 1. The molecule has 0 spiro atoms. The van der Waals surface area contributed by atoms with Crippen LogP contribution in [0.1, 0.15) is 21.6 Å². The number of pyridine rings is 1. The fourth-order valence-electron chi connectivity index (χ4n) is 2.50. The smallest absolute Gasteiger partial charge is 0.260 e. The molecule has 0 radical (unpaired) electrons. The van der Waals surface area contributed by atoms with Crippen LogP contribution in [0, 0.1) is 6.92 Å². The van der Waals surface area contributed by atoms with Crippen LogP contribution in [0.25, 0.3) is 10.9 Å². The van der Waals surface area contributed by atoms with Crippen molar-refractivity contribution >= 4 is 16.8 Å². The number of hydrogen-bond acceptors (Lipinski definition) is 2. The van der Waals surface area contributed by atoms with Gasteiger partial charge in [-0.15, -0.1) is 0 Å². The summed E-state index contributed by atoms with van der Waals surface area (Å²) in [7, 11) is 0. The van der Waals surface area contributed by atoms with E-state index in [2.05, 4.69) is 15.3 Å². The van der Waals surface area contributed by atoms with Crippen molar-refractivity contribution in [1.29, 1.82) is 0 Å². The molecule has 1 aromatic carbocycles. The molecule has 0 bridgehead atoms. The first-order chi connectivity index (χ1) is 10.6. The highest BCUT2D eigenvalue weighted by atomic mass is 16.2. The Balaban J connectivity index is 1.65. The van der Waals surface area contributed by atoms with E-state index in [1.807, 2.05) is 30.5 Å². The molecule has 0 fully saturated rings. The van der Waals surface area contributed by atoms with Gasteiger partial charge in [-0.25, -0.2) is 0 Å². The van der Waals surface area contributed by atoms with E-state index in [4.69, 9.17) is 0 Å². The van der Waals surface area contributed by atoms with Crippen LogP contribution in [-0.4, -0.2) is 22.4 Å².